The van der Waals surface area contributed by atoms with Gasteiger partial charge in [0, 0.05) is 24.2 Å². The summed E-state index contributed by atoms with van der Waals surface area (Å²) >= 11 is 0. The monoisotopic (exact) mass is 322 g/mol. The Balaban J connectivity index is 1.47. The van der Waals surface area contributed by atoms with Gasteiger partial charge in [0.05, 0.1) is 0 Å². The molecule has 0 unspecified atom stereocenters. The van der Waals surface area contributed by atoms with Gasteiger partial charge < -0.3 is 10.6 Å². The van der Waals surface area contributed by atoms with E-state index in [4.69, 9.17) is 0 Å². The number of carbonyl (C=O) groups is 2. The van der Waals surface area contributed by atoms with Gasteiger partial charge in [0.1, 0.15) is 0 Å². The molecule has 0 radical (unpaired) electrons. The second-order valence-corrected chi connectivity index (χ2v) is 6.07. The van der Waals surface area contributed by atoms with Gasteiger partial charge in [-0.1, -0.05) is 24.3 Å². The van der Waals surface area contributed by atoms with Gasteiger partial charge in [-0.15, -0.1) is 0 Å². The molecule has 0 bridgehead atoms. The van der Waals surface area contributed by atoms with Crippen LogP contribution in [0, 0.1) is 0 Å². The van der Waals surface area contributed by atoms with E-state index in [1.54, 1.807) is 12.1 Å². The molecule has 2 aromatic carbocycles. The molecule has 2 aromatic rings. The molecule has 4 nitrogen and oxygen atoms in total. The van der Waals surface area contributed by atoms with Crippen LogP contribution < -0.4 is 10.6 Å². The third kappa shape index (κ3) is 4.02. The normalized spacial score (nSPS) is 13.0. The van der Waals surface area contributed by atoms with E-state index in [2.05, 4.69) is 16.7 Å². The SMILES string of the molecule is O=C(NCCNC(=O)c1ccc2c(c1)CCCC2)c1ccccc1. The summed E-state index contributed by atoms with van der Waals surface area (Å²) in [6.45, 7) is 0.818. The van der Waals surface area contributed by atoms with Gasteiger partial charge in [0.25, 0.3) is 11.8 Å². The van der Waals surface area contributed by atoms with E-state index < -0.39 is 0 Å². The Morgan fingerprint density at radius 3 is 2.08 bits per heavy atom. The molecule has 2 N–H and O–H groups in total. The Morgan fingerprint density at radius 2 is 1.38 bits per heavy atom. The van der Waals surface area contributed by atoms with Crippen molar-refractivity contribution in [3.05, 3.63) is 70.8 Å². The first-order chi connectivity index (χ1) is 11.7. The van der Waals surface area contributed by atoms with E-state index in [-0.39, 0.29) is 11.8 Å². The molecule has 0 fully saturated rings. The van der Waals surface area contributed by atoms with E-state index in [1.807, 2.05) is 30.3 Å². The molecule has 3 rings (SSSR count). The number of hydrogen-bond acceptors (Lipinski definition) is 2. The summed E-state index contributed by atoms with van der Waals surface area (Å²) in [6, 6.07) is 15.0. The van der Waals surface area contributed by atoms with Gasteiger partial charge in [-0.05, 0) is 61.1 Å². The third-order valence-electron chi connectivity index (χ3n) is 4.34. The Hall–Kier alpha value is -2.62. The summed E-state index contributed by atoms with van der Waals surface area (Å²) in [5.74, 6) is -0.212. The summed E-state index contributed by atoms with van der Waals surface area (Å²) in [5.41, 5.74) is 3.99. The molecular weight excluding hydrogens is 300 g/mol. The zero-order valence-electron chi connectivity index (χ0n) is 13.7. The van der Waals surface area contributed by atoms with E-state index in [0.29, 0.717) is 24.2 Å². The van der Waals surface area contributed by atoms with Crippen molar-refractivity contribution in [3.8, 4) is 0 Å². The topological polar surface area (TPSA) is 58.2 Å². The summed E-state index contributed by atoms with van der Waals surface area (Å²) in [7, 11) is 0. The minimum atomic E-state index is -0.126. The lowest BCUT2D eigenvalue weighted by Gasteiger charge is -2.16. The molecule has 0 aliphatic heterocycles. The van der Waals surface area contributed by atoms with Gasteiger partial charge in [0.15, 0.2) is 0 Å². The molecule has 0 spiro atoms. The van der Waals surface area contributed by atoms with Crippen LogP contribution in [0.2, 0.25) is 0 Å². The molecule has 1 aliphatic rings. The fraction of sp³-hybridized carbons (Fsp3) is 0.300. The molecule has 24 heavy (non-hydrogen) atoms. The van der Waals surface area contributed by atoms with Crippen molar-refractivity contribution in [3.63, 3.8) is 0 Å². The molecule has 4 heteroatoms. The summed E-state index contributed by atoms with van der Waals surface area (Å²) in [4.78, 5) is 24.1. The van der Waals surface area contributed by atoms with Gasteiger partial charge in [-0.25, -0.2) is 0 Å². The van der Waals surface area contributed by atoms with Crippen molar-refractivity contribution in [1.82, 2.24) is 10.6 Å². The average Bonchev–Trinajstić information content (AvgIpc) is 2.65. The second kappa shape index (κ2) is 7.77. The van der Waals surface area contributed by atoms with E-state index >= 15 is 0 Å². The number of amides is 2. The van der Waals surface area contributed by atoms with Crippen LogP contribution >= 0.6 is 0 Å². The maximum absolute atomic E-state index is 12.2. The first-order valence-electron chi connectivity index (χ1n) is 8.47. The zero-order valence-corrected chi connectivity index (χ0v) is 13.7. The van der Waals surface area contributed by atoms with Crippen molar-refractivity contribution in [2.75, 3.05) is 13.1 Å². The molecular formula is C20H22N2O2. The highest BCUT2D eigenvalue weighted by molar-refractivity contribution is 5.95. The highest BCUT2D eigenvalue weighted by Gasteiger charge is 2.12. The summed E-state index contributed by atoms with van der Waals surface area (Å²) in [5, 5.41) is 5.66. The van der Waals surface area contributed by atoms with Crippen molar-refractivity contribution in [1.29, 1.82) is 0 Å². The average molecular weight is 322 g/mol. The van der Waals surface area contributed by atoms with E-state index in [1.165, 1.54) is 24.0 Å². The second-order valence-electron chi connectivity index (χ2n) is 6.07. The minimum Gasteiger partial charge on any atom is -0.350 e. The minimum absolute atomic E-state index is 0.0858. The lowest BCUT2D eigenvalue weighted by molar-refractivity contribution is 0.0927. The fourth-order valence-electron chi connectivity index (χ4n) is 3.02. The number of nitrogens with one attached hydrogen (secondary N) is 2. The number of rotatable bonds is 5. The molecule has 0 atom stereocenters. The standard InChI is InChI=1S/C20H22N2O2/c23-19(16-7-2-1-3-8-16)21-12-13-22-20(24)18-11-10-15-6-4-5-9-17(15)14-18/h1-3,7-8,10-11,14H,4-6,9,12-13H2,(H,21,23)(H,22,24). The van der Waals surface area contributed by atoms with Crippen molar-refractivity contribution < 1.29 is 9.59 Å². The quantitative estimate of drug-likeness (QED) is 0.832. The van der Waals surface area contributed by atoms with Crippen LogP contribution in [0.3, 0.4) is 0 Å². The van der Waals surface area contributed by atoms with Crippen LogP contribution in [-0.2, 0) is 12.8 Å². The van der Waals surface area contributed by atoms with Gasteiger partial charge in [-0.3, -0.25) is 9.59 Å². The molecule has 2 amide bonds. The van der Waals surface area contributed by atoms with Gasteiger partial charge in [-0.2, -0.15) is 0 Å². The molecule has 0 saturated carbocycles. The van der Waals surface area contributed by atoms with E-state index in [0.717, 1.165) is 12.8 Å². The summed E-state index contributed by atoms with van der Waals surface area (Å²) in [6.07, 6.45) is 4.61. The predicted molar refractivity (Wildman–Crippen MR) is 94.2 cm³/mol. The van der Waals surface area contributed by atoms with Crippen LogP contribution in [0.5, 0.6) is 0 Å². The van der Waals surface area contributed by atoms with Gasteiger partial charge >= 0.3 is 0 Å². The Kier molecular flexibility index (Phi) is 5.26. The Labute approximate surface area is 142 Å². The first-order valence-corrected chi connectivity index (χ1v) is 8.47. The largest absolute Gasteiger partial charge is 0.350 e. The highest BCUT2D eigenvalue weighted by atomic mass is 16.2. The number of hydrogen-bond donors (Lipinski definition) is 2. The molecule has 0 heterocycles. The van der Waals surface area contributed by atoms with Crippen LogP contribution in [0.15, 0.2) is 48.5 Å². The molecule has 0 aromatic heterocycles. The maximum Gasteiger partial charge on any atom is 0.251 e. The number of carbonyl (C=O) groups excluding carboxylic acids is 2. The highest BCUT2D eigenvalue weighted by Crippen LogP contribution is 2.22. The molecule has 124 valence electrons. The van der Waals surface area contributed by atoms with Gasteiger partial charge in [0.2, 0.25) is 0 Å². The zero-order chi connectivity index (χ0) is 16.8. The first kappa shape index (κ1) is 16.2. The van der Waals surface area contributed by atoms with Crippen LogP contribution in [0.25, 0.3) is 0 Å². The van der Waals surface area contributed by atoms with Crippen LogP contribution in [-0.4, -0.2) is 24.9 Å². The van der Waals surface area contributed by atoms with E-state index in [9.17, 15) is 9.59 Å². The van der Waals surface area contributed by atoms with Crippen LogP contribution in [0.4, 0.5) is 0 Å². The molecule has 1 aliphatic carbocycles. The molecule has 0 saturated heterocycles. The maximum atomic E-state index is 12.2. The number of benzene rings is 2. The predicted octanol–water partition coefficient (Wildman–Crippen LogP) is 2.73. The Bertz CT molecular complexity index is 726. The van der Waals surface area contributed by atoms with Crippen LogP contribution in [0.1, 0.15) is 44.7 Å². The lowest BCUT2D eigenvalue weighted by atomic mass is 9.90. The van der Waals surface area contributed by atoms with Crippen molar-refractivity contribution in [2.24, 2.45) is 0 Å². The lowest BCUT2D eigenvalue weighted by Crippen LogP contribution is -2.34. The van der Waals surface area contributed by atoms with Crippen molar-refractivity contribution >= 4 is 11.8 Å². The third-order valence-corrected chi connectivity index (χ3v) is 4.34. The number of aryl methyl sites for hydroxylation is 2. The Morgan fingerprint density at radius 1 is 0.750 bits per heavy atom. The fourth-order valence-corrected chi connectivity index (χ4v) is 3.02. The number of fused-ring (bicyclic) bond motifs is 1. The summed E-state index contributed by atoms with van der Waals surface area (Å²) < 4.78 is 0. The van der Waals surface area contributed by atoms with Crippen molar-refractivity contribution in [2.45, 2.75) is 25.7 Å². The smallest absolute Gasteiger partial charge is 0.251 e.